The first kappa shape index (κ1) is 17.8. The lowest BCUT2D eigenvalue weighted by Gasteiger charge is -2.30. The molecule has 0 fully saturated rings. The molecule has 0 spiro atoms. The molecule has 0 atom stereocenters. The minimum Gasteiger partial charge on any atom is -0.362 e. The summed E-state index contributed by atoms with van der Waals surface area (Å²) in [4.78, 5) is 44.6. The van der Waals surface area contributed by atoms with E-state index in [4.69, 9.17) is 9.97 Å². The summed E-state index contributed by atoms with van der Waals surface area (Å²) in [5.74, 6) is 1.12. The molecule has 1 aliphatic heterocycles. The molecule has 3 aromatic rings. The van der Waals surface area contributed by atoms with E-state index in [1.807, 2.05) is 31.1 Å². The van der Waals surface area contributed by atoms with E-state index in [0.717, 1.165) is 22.6 Å². The van der Waals surface area contributed by atoms with Gasteiger partial charge in [0.05, 0.1) is 12.2 Å². The predicted molar refractivity (Wildman–Crippen MR) is 105 cm³/mol. The number of amides is 1. The van der Waals surface area contributed by atoms with Crippen LogP contribution < -0.4 is 10.5 Å². The van der Waals surface area contributed by atoms with Crippen LogP contribution in [0.25, 0.3) is 11.4 Å². The van der Waals surface area contributed by atoms with Gasteiger partial charge in [0.25, 0.3) is 11.5 Å². The Balaban J connectivity index is 1.73. The fraction of sp³-hybridized carbons (Fsp3) is 0.250. The molecule has 0 saturated heterocycles. The molecule has 4 rings (SSSR count). The van der Waals surface area contributed by atoms with Gasteiger partial charge < -0.3 is 14.8 Å². The third-order valence-corrected chi connectivity index (χ3v) is 4.72. The number of rotatable bonds is 3. The van der Waals surface area contributed by atoms with Crippen molar-refractivity contribution in [2.24, 2.45) is 0 Å². The van der Waals surface area contributed by atoms with E-state index in [1.165, 1.54) is 6.20 Å². The number of hydrogen-bond donors (Lipinski definition) is 1. The van der Waals surface area contributed by atoms with Crippen molar-refractivity contribution in [1.29, 1.82) is 0 Å². The number of aromatic amines is 1. The Morgan fingerprint density at radius 1 is 1.21 bits per heavy atom. The molecule has 1 amide bonds. The summed E-state index contributed by atoms with van der Waals surface area (Å²) < 4.78 is 0. The summed E-state index contributed by atoms with van der Waals surface area (Å²) in [5.41, 5.74) is 2.40. The maximum atomic E-state index is 12.8. The van der Waals surface area contributed by atoms with Gasteiger partial charge in [-0.2, -0.15) is 0 Å². The Bertz CT molecular complexity index is 1080. The van der Waals surface area contributed by atoms with Crippen LogP contribution in [-0.2, 0) is 13.0 Å². The quantitative estimate of drug-likeness (QED) is 0.744. The van der Waals surface area contributed by atoms with Crippen LogP contribution in [0.3, 0.4) is 0 Å². The predicted octanol–water partition coefficient (Wildman–Crippen LogP) is 1.49. The Morgan fingerprint density at radius 3 is 2.79 bits per heavy atom. The lowest BCUT2D eigenvalue weighted by molar-refractivity contribution is 0.0730. The highest BCUT2D eigenvalue weighted by atomic mass is 16.2. The van der Waals surface area contributed by atoms with Crippen LogP contribution in [0.4, 0.5) is 5.82 Å². The molecule has 1 N–H and O–H groups in total. The molecule has 8 nitrogen and oxygen atoms in total. The molecule has 0 saturated carbocycles. The second kappa shape index (κ2) is 7.22. The number of fused-ring (bicyclic) bond motifs is 1. The zero-order valence-corrected chi connectivity index (χ0v) is 15.7. The first-order chi connectivity index (χ1) is 13.5. The van der Waals surface area contributed by atoms with Crippen molar-refractivity contribution in [3.8, 4) is 11.4 Å². The van der Waals surface area contributed by atoms with E-state index in [9.17, 15) is 9.59 Å². The van der Waals surface area contributed by atoms with Crippen LogP contribution in [0.15, 0.2) is 47.7 Å². The van der Waals surface area contributed by atoms with Crippen molar-refractivity contribution in [3.63, 3.8) is 0 Å². The zero-order chi connectivity index (χ0) is 19.7. The van der Waals surface area contributed by atoms with Gasteiger partial charge in [-0.15, -0.1) is 0 Å². The monoisotopic (exact) mass is 376 g/mol. The van der Waals surface area contributed by atoms with Crippen LogP contribution >= 0.6 is 0 Å². The average Bonchev–Trinajstić information content (AvgIpc) is 2.73. The van der Waals surface area contributed by atoms with E-state index < -0.39 is 0 Å². The second-order valence-electron chi connectivity index (χ2n) is 6.82. The molecule has 8 heteroatoms. The first-order valence-electron chi connectivity index (χ1n) is 8.99. The Kier molecular flexibility index (Phi) is 4.60. The molecule has 3 aromatic heterocycles. The number of hydrogen-bond acceptors (Lipinski definition) is 6. The fourth-order valence-corrected chi connectivity index (χ4v) is 3.34. The molecule has 0 aromatic carbocycles. The number of nitrogens with one attached hydrogen (secondary N) is 1. The molecule has 4 heterocycles. The minimum atomic E-state index is -0.383. The van der Waals surface area contributed by atoms with Gasteiger partial charge in [-0.25, -0.2) is 9.97 Å². The van der Waals surface area contributed by atoms with Crippen molar-refractivity contribution in [2.75, 3.05) is 25.5 Å². The van der Waals surface area contributed by atoms with Crippen LogP contribution in [0.1, 0.15) is 21.6 Å². The lowest BCUT2D eigenvalue weighted by atomic mass is 10.0. The molecular weight excluding hydrogens is 356 g/mol. The van der Waals surface area contributed by atoms with Gasteiger partial charge >= 0.3 is 0 Å². The summed E-state index contributed by atoms with van der Waals surface area (Å²) in [7, 11) is 3.88. The Labute approximate surface area is 161 Å². The van der Waals surface area contributed by atoms with Gasteiger partial charge in [-0.05, 0) is 30.7 Å². The molecule has 28 heavy (non-hydrogen) atoms. The van der Waals surface area contributed by atoms with Gasteiger partial charge in [0, 0.05) is 50.4 Å². The van der Waals surface area contributed by atoms with Crippen molar-refractivity contribution in [3.05, 3.63) is 70.0 Å². The molecule has 0 bridgehead atoms. The Hall–Kier alpha value is -3.55. The van der Waals surface area contributed by atoms with Crippen molar-refractivity contribution < 1.29 is 4.79 Å². The molecule has 1 aliphatic rings. The summed E-state index contributed by atoms with van der Waals surface area (Å²) >= 11 is 0. The van der Waals surface area contributed by atoms with Crippen LogP contribution in [0.2, 0.25) is 0 Å². The highest BCUT2D eigenvalue weighted by Gasteiger charge is 2.27. The van der Waals surface area contributed by atoms with Crippen molar-refractivity contribution >= 4 is 11.7 Å². The third kappa shape index (κ3) is 3.24. The average molecular weight is 376 g/mol. The molecule has 0 aliphatic carbocycles. The van der Waals surface area contributed by atoms with E-state index in [0.29, 0.717) is 25.3 Å². The largest absolute Gasteiger partial charge is 0.362 e. The maximum absolute atomic E-state index is 12.8. The number of H-pyrrole nitrogens is 1. The highest BCUT2D eigenvalue weighted by Crippen LogP contribution is 2.28. The third-order valence-electron chi connectivity index (χ3n) is 4.72. The summed E-state index contributed by atoms with van der Waals surface area (Å²) in [6, 6.07) is 6.94. The number of carbonyl (C=O) groups excluding carboxylic acids is 1. The highest BCUT2D eigenvalue weighted by molar-refractivity contribution is 5.94. The van der Waals surface area contributed by atoms with Gasteiger partial charge in [-0.3, -0.25) is 14.6 Å². The van der Waals surface area contributed by atoms with E-state index in [-0.39, 0.29) is 17.0 Å². The topological polar surface area (TPSA) is 95.1 Å². The van der Waals surface area contributed by atoms with Gasteiger partial charge in [0.1, 0.15) is 11.4 Å². The first-order valence-corrected chi connectivity index (χ1v) is 8.99. The van der Waals surface area contributed by atoms with Crippen LogP contribution in [0.5, 0.6) is 0 Å². The van der Waals surface area contributed by atoms with E-state index in [1.54, 1.807) is 29.4 Å². The number of pyridine rings is 2. The summed E-state index contributed by atoms with van der Waals surface area (Å²) in [6.07, 6.45) is 5.57. The lowest BCUT2D eigenvalue weighted by Crippen LogP contribution is -2.39. The number of nitrogens with zero attached hydrogens (tertiary/aromatic N) is 5. The second-order valence-corrected chi connectivity index (χ2v) is 6.82. The number of anilines is 1. The molecular formula is C20H20N6O2. The molecule has 0 radical (unpaired) electrons. The minimum absolute atomic E-state index is 0.139. The summed E-state index contributed by atoms with van der Waals surface area (Å²) in [5, 5.41) is 0. The van der Waals surface area contributed by atoms with Gasteiger partial charge in [0.2, 0.25) is 0 Å². The number of carbonyl (C=O) groups is 1. The molecule has 0 unspecified atom stereocenters. The van der Waals surface area contributed by atoms with E-state index in [2.05, 4.69) is 9.97 Å². The SMILES string of the molecule is CN(C)c1nc(-c2cccnc2)nc2c1CCN(C(=O)c1ccc[nH]c1=O)C2. The molecule has 142 valence electrons. The van der Waals surface area contributed by atoms with Crippen LogP contribution in [0, 0.1) is 0 Å². The maximum Gasteiger partial charge on any atom is 0.260 e. The number of aromatic nitrogens is 4. The van der Waals surface area contributed by atoms with Crippen molar-refractivity contribution in [2.45, 2.75) is 13.0 Å². The standard InChI is InChI=1S/C20H20N6O2/c1-25(2)18-14-7-10-26(20(28)15-6-4-9-22-19(15)27)12-16(14)23-17(24-18)13-5-3-8-21-11-13/h3-6,8-9,11H,7,10,12H2,1-2H3,(H,22,27). The fourth-order valence-electron chi connectivity index (χ4n) is 3.34. The Morgan fingerprint density at radius 2 is 2.07 bits per heavy atom. The smallest absolute Gasteiger partial charge is 0.260 e. The van der Waals surface area contributed by atoms with Gasteiger partial charge in [-0.1, -0.05) is 0 Å². The van der Waals surface area contributed by atoms with E-state index >= 15 is 0 Å². The van der Waals surface area contributed by atoms with Crippen LogP contribution in [-0.4, -0.2) is 51.4 Å². The summed E-state index contributed by atoms with van der Waals surface area (Å²) in [6.45, 7) is 0.843. The normalized spacial score (nSPS) is 13.1. The van der Waals surface area contributed by atoms with Gasteiger partial charge in [0.15, 0.2) is 5.82 Å². The van der Waals surface area contributed by atoms with Crippen molar-refractivity contribution in [1.82, 2.24) is 24.8 Å². The zero-order valence-electron chi connectivity index (χ0n) is 15.7.